The van der Waals surface area contributed by atoms with Crippen LogP contribution in [0, 0.1) is 137 Å². The fraction of sp³-hybridized carbons (Fsp3) is 0.817. The highest BCUT2D eigenvalue weighted by Gasteiger charge is 2.74. The third-order valence-corrected chi connectivity index (χ3v) is 44.8. The molecular weight excluding hydrogens is 1480 g/mol. The van der Waals surface area contributed by atoms with Gasteiger partial charge in [0.2, 0.25) is 11.6 Å². The number of ether oxygens (including phenoxy) is 3. The number of benzene rings is 1. The fourth-order valence-corrected chi connectivity index (χ4v) is 23.6. The molecule has 692 valence electrons. The van der Waals surface area contributed by atoms with Crippen molar-refractivity contribution in [2.45, 2.75) is 403 Å². The minimum absolute atomic E-state index is 0.0145. The summed E-state index contributed by atoms with van der Waals surface area (Å²) in [5, 5.41) is 19.7. The van der Waals surface area contributed by atoms with Gasteiger partial charge in [0.1, 0.15) is 11.8 Å². The zero-order chi connectivity index (χ0) is 95.3. The number of likely N-dealkylation sites (N-methyl/N-ethyl adjacent to an activating group) is 1. The van der Waals surface area contributed by atoms with Crippen molar-refractivity contribution >= 4 is 29.5 Å². The highest BCUT2D eigenvalue weighted by Crippen LogP contribution is 2.80. The molecule has 3 N–H and O–H groups in total. The summed E-state index contributed by atoms with van der Waals surface area (Å²) in [6.45, 7) is 131. The molecular formula is C109H193N3O8. The number of allylic oxidation sites excluding steroid dienone is 4. The number of ketones is 2. The van der Waals surface area contributed by atoms with Crippen LogP contribution in [0.3, 0.4) is 0 Å². The molecule has 2 bridgehead atoms. The summed E-state index contributed by atoms with van der Waals surface area (Å²) < 4.78 is 19.6. The van der Waals surface area contributed by atoms with Gasteiger partial charge in [0, 0.05) is 37.3 Å². The van der Waals surface area contributed by atoms with Crippen LogP contribution in [-0.4, -0.2) is 98.3 Å². The van der Waals surface area contributed by atoms with Gasteiger partial charge in [-0.25, -0.2) is 0 Å². The van der Waals surface area contributed by atoms with Crippen LogP contribution in [0.2, 0.25) is 0 Å². The summed E-state index contributed by atoms with van der Waals surface area (Å²) in [5.41, 5.74) is -4.41. The first kappa shape index (κ1) is 110. The Kier molecular flexibility index (Phi) is 31.9. The number of fused-ring (bicyclic) bond motifs is 2. The highest BCUT2D eigenvalue weighted by atomic mass is 16.6. The van der Waals surface area contributed by atoms with E-state index in [0.717, 1.165) is 0 Å². The number of methoxy groups -OCH3 is 1. The van der Waals surface area contributed by atoms with E-state index < -0.39 is 75.1 Å². The number of nitrogens with one attached hydrogen (secondary N) is 2. The lowest BCUT2D eigenvalue weighted by Gasteiger charge is -2.75. The summed E-state index contributed by atoms with van der Waals surface area (Å²) in [6, 6.07) is 9.01. The lowest BCUT2D eigenvalue weighted by molar-refractivity contribution is -0.275. The van der Waals surface area contributed by atoms with E-state index in [0.29, 0.717) is 36.6 Å². The minimum Gasteiger partial charge on any atom is -0.457 e. The van der Waals surface area contributed by atoms with Crippen molar-refractivity contribution < 1.29 is 38.5 Å². The van der Waals surface area contributed by atoms with E-state index >= 15 is 9.59 Å². The highest BCUT2D eigenvalue weighted by molar-refractivity contribution is 6.39. The molecule has 0 radical (unpaired) electrons. The van der Waals surface area contributed by atoms with Gasteiger partial charge in [-0.15, -0.1) is 0 Å². The molecule has 0 unspecified atom stereocenters. The molecule has 0 fully saturated rings. The van der Waals surface area contributed by atoms with Gasteiger partial charge in [-0.2, -0.15) is 0 Å². The average Bonchev–Trinajstić information content (AvgIpc) is 0.675. The van der Waals surface area contributed by atoms with Crippen LogP contribution in [0.15, 0.2) is 82.7 Å². The molecule has 6 atom stereocenters. The maximum atomic E-state index is 15.7. The number of aliphatic hydroxyl groups excluding tert-OH is 1. The smallest absolute Gasteiger partial charge is 0.293 e. The van der Waals surface area contributed by atoms with Gasteiger partial charge in [0.15, 0.2) is 6.10 Å². The molecule has 2 aliphatic rings. The molecule has 0 saturated carbocycles. The van der Waals surface area contributed by atoms with Crippen LogP contribution in [-0.2, 0) is 33.4 Å². The van der Waals surface area contributed by atoms with Gasteiger partial charge < -0.3 is 34.9 Å². The Morgan fingerprint density at radius 1 is 0.500 bits per heavy atom. The van der Waals surface area contributed by atoms with Crippen LogP contribution >= 0.6 is 0 Å². The number of Topliss-reactive ketones (excluding diaryl/α,β-unsaturated/α-hetero) is 2. The molecule has 1 heterocycles. The zero-order valence-corrected chi connectivity index (χ0v) is 88.9. The summed E-state index contributed by atoms with van der Waals surface area (Å²) in [6.07, 6.45) is 3.59. The number of carbonyl (C=O) groups is 4. The topological polar surface area (TPSA) is 144 Å². The largest absolute Gasteiger partial charge is 0.457 e. The maximum absolute atomic E-state index is 15.7. The molecule has 0 aromatic heterocycles. The third kappa shape index (κ3) is 16.8. The molecule has 11 heteroatoms. The first-order valence-electron chi connectivity index (χ1n) is 46.3. The van der Waals surface area contributed by atoms with Gasteiger partial charge in [-0.1, -0.05) is 387 Å². The minimum atomic E-state index is -1.13. The summed E-state index contributed by atoms with van der Waals surface area (Å²) in [5.74, 6) is -1.86. The van der Waals surface area contributed by atoms with E-state index in [1.807, 2.05) is 64.0 Å². The number of aliphatic hydroxyl groups is 1. The quantitative estimate of drug-likeness (QED) is 0.0353. The number of hydrogen-bond acceptors (Lipinski definition) is 10. The Morgan fingerprint density at radius 2 is 0.833 bits per heavy atom. The second kappa shape index (κ2) is 34.8. The fourth-order valence-electron chi connectivity index (χ4n) is 23.6. The van der Waals surface area contributed by atoms with Crippen LogP contribution in [0.4, 0.5) is 0 Å². The molecule has 11 nitrogen and oxygen atoms in total. The molecule has 0 saturated heterocycles. The first-order chi connectivity index (χ1) is 52.9. The van der Waals surface area contributed by atoms with Gasteiger partial charge in [0.05, 0.1) is 29.1 Å². The van der Waals surface area contributed by atoms with Crippen molar-refractivity contribution in [3.05, 3.63) is 88.3 Å². The molecule has 1 aliphatic heterocycles. The van der Waals surface area contributed by atoms with Crippen molar-refractivity contribution in [3.63, 3.8) is 0 Å². The van der Waals surface area contributed by atoms with E-state index in [2.05, 4.69) is 343 Å². The Labute approximate surface area is 741 Å². The number of hydrogen-bond donors (Lipinski definition) is 3. The van der Waals surface area contributed by atoms with E-state index in [9.17, 15) is 14.7 Å². The Hall–Kier alpha value is -4.16. The Balaban J connectivity index is 2.36. The van der Waals surface area contributed by atoms with Crippen molar-refractivity contribution in [1.82, 2.24) is 15.5 Å². The SMILES string of the molecule is CO[C@H]1/C=C\C=C(/C)C(=O)NC2=C(c3ccccc3)C(=O)C(NCCN(C)C)=C(C[C@@H](C)C[C@H](OC(C)(C)C(C)(C)C(C)(C)C(C)(C)C(C)(C)C(C)(C)C(C)(C)C(C)(C)C(C)(C)C(C)(C)C(C)(C)C(C)(C)C(C)(C)C(C)(C)C(C)(C)C(C)(C)C(C)(C)C(C)(C)C(C)(C)C(C)(C)C(C)(C)C(C)(C)C(C)(C)C(C)C)[C@H](O)[C@@H](C)/C=C(\C)[C@@H]1OC=O)C2=O. The number of amides is 1. The maximum Gasteiger partial charge on any atom is 0.293 e. The molecule has 3 rings (SSSR count). The predicted octanol–water partition coefficient (Wildman–Crippen LogP) is 27.9. The number of nitrogens with zero attached hydrogens (tertiary/aromatic N) is 1. The van der Waals surface area contributed by atoms with E-state index in [1.165, 1.54) is 7.11 Å². The normalized spacial score (nSPS) is 22.5. The Morgan fingerprint density at radius 3 is 1.15 bits per heavy atom. The van der Waals surface area contributed by atoms with Crippen molar-refractivity contribution in [2.75, 3.05) is 34.3 Å². The average molecular weight is 1670 g/mol. The molecule has 1 aliphatic carbocycles. The number of rotatable bonds is 33. The third-order valence-electron chi connectivity index (χ3n) is 44.8. The van der Waals surface area contributed by atoms with Crippen molar-refractivity contribution in [1.29, 1.82) is 0 Å². The van der Waals surface area contributed by atoms with Gasteiger partial charge in [-0.05, 0) is 197 Å². The monoisotopic (exact) mass is 1670 g/mol. The zero-order valence-electron chi connectivity index (χ0n) is 88.9. The molecule has 0 spiro atoms. The van der Waals surface area contributed by atoms with Crippen LogP contribution in [0.25, 0.3) is 5.57 Å². The molecule has 1 aromatic carbocycles. The van der Waals surface area contributed by atoms with Gasteiger partial charge >= 0.3 is 0 Å². The van der Waals surface area contributed by atoms with E-state index in [1.54, 1.807) is 37.3 Å². The van der Waals surface area contributed by atoms with Crippen LogP contribution in [0.1, 0.15) is 378 Å². The summed E-state index contributed by atoms with van der Waals surface area (Å²) in [4.78, 5) is 59.9. The summed E-state index contributed by atoms with van der Waals surface area (Å²) in [7, 11) is 5.44. The van der Waals surface area contributed by atoms with Gasteiger partial charge in [0.25, 0.3) is 12.4 Å². The Bertz CT molecular complexity index is 3950. The van der Waals surface area contributed by atoms with Crippen LogP contribution < -0.4 is 10.6 Å². The van der Waals surface area contributed by atoms with Gasteiger partial charge in [-0.3, -0.25) is 19.2 Å². The lowest BCUT2D eigenvalue weighted by Crippen LogP contribution is -2.69. The molecule has 120 heavy (non-hydrogen) atoms. The van der Waals surface area contributed by atoms with Crippen molar-refractivity contribution in [3.8, 4) is 0 Å². The first-order valence-corrected chi connectivity index (χ1v) is 46.3. The second-order valence-corrected chi connectivity index (χ2v) is 51.4. The summed E-state index contributed by atoms with van der Waals surface area (Å²) >= 11 is 0. The molecule has 1 amide bonds. The van der Waals surface area contributed by atoms with E-state index in [-0.39, 0.29) is 144 Å². The van der Waals surface area contributed by atoms with Crippen molar-refractivity contribution in [2.24, 2.45) is 137 Å². The number of carbonyl (C=O) groups excluding carboxylic acids is 4. The van der Waals surface area contributed by atoms with Crippen LogP contribution in [0.5, 0.6) is 0 Å². The predicted molar refractivity (Wildman–Crippen MR) is 514 cm³/mol. The van der Waals surface area contributed by atoms with E-state index in [4.69, 9.17) is 14.2 Å². The lowest BCUT2D eigenvalue weighted by atomic mass is 9.29. The second-order valence-electron chi connectivity index (χ2n) is 51.4. The standard InChI is InChI=1S/C109H193N3O8/c1-70(2)87(7,8)88(9,10)89(11,12)90(13,14)91(15,16)92(17,18)93(19,20)94(21,22)95(23,24)96(25,26)97(27,28)98(29,30)99(31,32)100(33,34)101(35,36)102(37,38)103(39,40)104(41,42)105(43,44)106(45,46)107(47,48)108(49,50)109(51,52)120-78-67-71(3)66-76-80(110-64-65-112(53)54)84(116)79(75-61-57-56-58-62-75)81(83(76)115)111-86(117)72(4)60-59-63-77(118-55)85(119-69-113)74(6)68-73(5)82(78)114/h56-63,68-71,73,77-78,82,85,110,114H,64-67H2,1-55H3,(H,111,117)/b63-59-,72-60+,74-68+/t71-,73+,77+,78+,82-,85+/m1/s1. The molecule has 1 aromatic rings.